The van der Waals surface area contributed by atoms with Crippen molar-refractivity contribution in [3.8, 4) is 11.8 Å². The zero-order chi connectivity index (χ0) is 21.1. The fraction of sp³-hybridized carbons (Fsp3) is 0.455. The lowest BCUT2D eigenvalue weighted by Gasteiger charge is -2.39. The molecule has 8 heteroatoms. The standard InChI is InChI=1S/C22H24N4O3S/c1-4-21(3)18(27)26(20(28)25-21)14-10-23-19(24-11-14)29-16-7-6-13(2)15-12-30-22(17(15)16)8-5-9-22/h6-7,10-11H,4-5,8-9,12H2,1-3H3,(H,25,28)/t21-/m1/s1. The van der Waals surface area contributed by atoms with E-state index in [-0.39, 0.29) is 16.7 Å². The van der Waals surface area contributed by atoms with E-state index in [1.807, 2.05) is 24.8 Å². The molecule has 1 N–H and O–H groups in total. The molecule has 0 unspecified atom stereocenters. The molecule has 1 spiro atoms. The fourth-order valence-electron chi connectivity index (χ4n) is 4.41. The maximum absolute atomic E-state index is 12.7. The second-order valence-electron chi connectivity index (χ2n) is 8.45. The normalized spacial score (nSPS) is 24.0. The molecule has 1 saturated carbocycles. The van der Waals surface area contributed by atoms with E-state index in [1.54, 1.807) is 6.92 Å². The molecule has 0 bridgehead atoms. The van der Waals surface area contributed by atoms with Crippen molar-refractivity contribution in [1.82, 2.24) is 15.3 Å². The van der Waals surface area contributed by atoms with E-state index in [4.69, 9.17) is 4.74 Å². The molecule has 3 heterocycles. The van der Waals surface area contributed by atoms with Crippen LogP contribution in [-0.2, 0) is 15.3 Å². The third-order valence-corrected chi connectivity index (χ3v) is 8.26. The van der Waals surface area contributed by atoms with E-state index in [0.29, 0.717) is 12.1 Å². The highest BCUT2D eigenvalue weighted by atomic mass is 32.2. The topological polar surface area (TPSA) is 84.4 Å². The van der Waals surface area contributed by atoms with Gasteiger partial charge in [-0.25, -0.2) is 19.7 Å². The number of benzene rings is 1. The molecule has 2 aliphatic heterocycles. The Morgan fingerprint density at radius 1 is 1.23 bits per heavy atom. The minimum atomic E-state index is -0.899. The molecule has 2 fully saturated rings. The highest BCUT2D eigenvalue weighted by Crippen LogP contribution is 2.62. The molecule has 2 aromatic rings. The Balaban J connectivity index is 1.42. The first-order valence-electron chi connectivity index (χ1n) is 10.3. The average molecular weight is 425 g/mol. The minimum absolute atomic E-state index is 0.168. The van der Waals surface area contributed by atoms with Crippen molar-refractivity contribution in [3.05, 3.63) is 41.2 Å². The number of ether oxygens (including phenoxy) is 1. The Bertz CT molecular complexity index is 1050. The van der Waals surface area contributed by atoms with Crippen LogP contribution in [0.1, 0.15) is 56.2 Å². The number of carbonyl (C=O) groups is 2. The summed E-state index contributed by atoms with van der Waals surface area (Å²) >= 11 is 2.01. The van der Waals surface area contributed by atoms with Crippen LogP contribution in [0.5, 0.6) is 11.8 Å². The summed E-state index contributed by atoms with van der Waals surface area (Å²) in [6, 6.07) is 3.84. The lowest BCUT2D eigenvalue weighted by molar-refractivity contribution is -0.121. The van der Waals surface area contributed by atoms with Crippen LogP contribution in [0, 0.1) is 6.92 Å². The van der Waals surface area contributed by atoms with Crippen molar-refractivity contribution in [2.75, 3.05) is 4.90 Å². The first kappa shape index (κ1) is 19.4. The van der Waals surface area contributed by atoms with Gasteiger partial charge in [0.05, 0.1) is 18.1 Å². The van der Waals surface area contributed by atoms with Crippen LogP contribution in [0.15, 0.2) is 24.5 Å². The molecule has 30 heavy (non-hydrogen) atoms. The summed E-state index contributed by atoms with van der Waals surface area (Å²) in [6.07, 6.45) is 7.02. The van der Waals surface area contributed by atoms with Gasteiger partial charge in [-0.1, -0.05) is 13.0 Å². The highest BCUT2D eigenvalue weighted by molar-refractivity contribution is 7.99. The van der Waals surface area contributed by atoms with Gasteiger partial charge < -0.3 is 10.1 Å². The molecular formula is C22H24N4O3S. The third-order valence-electron chi connectivity index (χ3n) is 6.66. The number of hydrogen-bond donors (Lipinski definition) is 1. The number of imide groups is 1. The molecule has 1 aliphatic carbocycles. The van der Waals surface area contributed by atoms with Gasteiger partial charge in [0, 0.05) is 16.1 Å². The first-order valence-corrected chi connectivity index (χ1v) is 11.3. The van der Waals surface area contributed by atoms with E-state index >= 15 is 0 Å². The molecule has 5 rings (SSSR count). The number of aryl methyl sites for hydroxylation is 1. The SMILES string of the molecule is CC[C@@]1(C)NC(=O)N(c2cnc(Oc3ccc(C)c4c3C3(CCC3)SC4)nc2)C1=O. The van der Waals surface area contributed by atoms with Gasteiger partial charge in [-0.05, 0) is 56.7 Å². The minimum Gasteiger partial charge on any atom is -0.424 e. The van der Waals surface area contributed by atoms with Crippen molar-refractivity contribution < 1.29 is 14.3 Å². The van der Waals surface area contributed by atoms with Gasteiger partial charge in [-0.2, -0.15) is 0 Å². The number of nitrogens with zero attached hydrogens (tertiary/aromatic N) is 3. The van der Waals surface area contributed by atoms with Gasteiger partial charge in [0.15, 0.2) is 0 Å². The molecular weight excluding hydrogens is 400 g/mol. The highest BCUT2D eigenvalue weighted by Gasteiger charge is 2.48. The van der Waals surface area contributed by atoms with E-state index in [1.165, 1.54) is 48.3 Å². The summed E-state index contributed by atoms with van der Waals surface area (Å²) in [7, 11) is 0. The molecule has 7 nitrogen and oxygen atoms in total. The number of nitrogens with one attached hydrogen (secondary N) is 1. The van der Waals surface area contributed by atoms with E-state index in [9.17, 15) is 9.59 Å². The van der Waals surface area contributed by atoms with Gasteiger partial charge in [0.1, 0.15) is 11.3 Å². The second kappa shape index (κ2) is 6.70. The molecule has 1 aromatic carbocycles. The predicted molar refractivity (Wildman–Crippen MR) is 115 cm³/mol. The Morgan fingerprint density at radius 2 is 1.97 bits per heavy atom. The summed E-state index contributed by atoms with van der Waals surface area (Å²) in [5, 5.41) is 2.74. The number of rotatable bonds is 4. The van der Waals surface area contributed by atoms with E-state index in [0.717, 1.165) is 16.4 Å². The fourth-order valence-corrected chi connectivity index (χ4v) is 6.15. The maximum Gasteiger partial charge on any atom is 0.329 e. The number of thioether (sulfide) groups is 1. The smallest absolute Gasteiger partial charge is 0.329 e. The van der Waals surface area contributed by atoms with E-state index in [2.05, 4.69) is 28.3 Å². The van der Waals surface area contributed by atoms with Crippen LogP contribution in [0.2, 0.25) is 0 Å². The van der Waals surface area contributed by atoms with Gasteiger partial charge in [-0.3, -0.25) is 4.79 Å². The quantitative estimate of drug-likeness (QED) is 0.731. The largest absolute Gasteiger partial charge is 0.424 e. The lowest BCUT2D eigenvalue weighted by Crippen LogP contribution is -2.43. The number of hydrogen-bond acceptors (Lipinski definition) is 6. The Labute approximate surface area is 179 Å². The van der Waals surface area contributed by atoms with Crippen molar-refractivity contribution in [2.45, 2.75) is 62.5 Å². The van der Waals surface area contributed by atoms with Crippen LogP contribution in [0.3, 0.4) is 0 Å². The van der Waals surface area contributed by atoms with Gasteiger partial charge in [0.25, 0.3) is 5.91 Å². The Kier molecular flexibility index (Phi) is 4.32. The van der Waals surface area contributed by atoms with Crippen molar-refractivity contribution >= 4 is 29.4 Å². The number of anilines is 1. The van der Waals surface area contributed by atoms with Crippen molar-refractivity contribution in [1.29, 1.82) is 0 Å². The molecule has 3 aliphatic rings. The van der Waals surface area contributed by atoms with Crippen LogP contribution < -0.4 is 15.0 Å². The maximum atomic E-state index is 12.7. The van der Waals surface area contributed by atoms with Crippen LogP contribution >= 0.6 is 11.8 Å². The van der Waals surface area contributed by atoms with Crippen molar-refractivity contribution in [3.63, 3.8) is 0 Å². The summed E-state index contributed by atoms with van der Waals surface area (Å²) < 4.78 is 6.27. The molecule has 0 radical (unpaired) electrons. The number of carbonyl (C=O) groups excluding carboxylic acids is 2. The van der Waals surface area contributed by atoms with Gasteiger partial charge in [0.2, 0.25) is 0 Å². The molecule has 1 aromatic heterocycles. The van der Waals surface area contributed by atoms with Gasteiger partial charge in [-0.15, -0.1) is 11.8 Å². The van der Waals surface area contributed by atoms with Gasteiger partial charge >= 0.3 is 12.0 Å². The van der Waals surface area contributed by atoms with Crippen LogP contribution in [0.25, 0.3) is 0 Å². The third kappa shape index (κ3) is 2.73. The zero-order valence-electron chi connectivity index (χ0n) is 17.3. The average Bonchev–Trinajstić information content (AvgIpc) is 3.22. The number of fused-ring (bicyclic) bond motifs is 2. The predicted octanol–water partition coefficient (Wildman–Crippen LogP) is 4.43. The first-order chi connectivity index (χ1) is 14.4. The van der Waals surface area contributed by atoms with Crippen molar-refractivity contribution in [2.24, 2.45) is 0 Å². The summed E-state index contributed by atoms with van der Waals surface area (Å²) in [5.41, 5.74) is 3.39. The number of amides is 3. The summed E-state index contributed by atoms with van der Waals surface area (Å²) in [6.45, 7) is 5.73. The number of aromatic nitrogens is 2. The summed E-state index contributed by atoms with van der Waals surface area (Å²) in [4.78, 5) is 34.6. The Hall–Kier alpha value is -2.61. The molecule has 156 valence electrons. The van der Waals surface area contributed by atoms with Crippen LogP contribution in [-0.4, -0.2) is 27.4 Å². The monoisotopic (exact) mass is 424 g/mol. The molecule has 3 amide bonds. The lowest BCUT2D eigenvalue weighted by atomic mass is 9.76. The molecule has 1 saturated heterocycles. The Morgan fingerprint density at radius 3 is 2.57 bits per heavy atom. The second-order valence-corrected chi connectivity index (χ2v) is 9.81. The molecule has 1 atom stereocenters. The van der Waals surface area contributed by atoms with Crippen LogP contribution in [0.4, 0.5) is 10.5 Å². The number of urea groups is 1. The summed E-state index contributed by atoms with van der Waals surface area (Å²) in [5.74, 6) is 1.52. The van der Waals surface area contributed by atoms with E-state index < -0.39 is 11.6 Å². The zero-order valence-corrected chi connectivity index (χ0v) is 18.1.